The van der Waals surface area contributed by atoms with Gasteiger partial charge in [-0.15, -0.1) is 0 Å². The largest absolute Gasteiger partial charge is 0.382 e. The van der Waals surface area contributed by atoms with Gasteiger partial charge in [-0.05, 0) is 28.9 Å². The van der Waals surface area contributed by atoms with E-state index in [4.69, 9.17) is 5.73 Å². The van der Waals surface area contributed by atoms with Crippen LogP contribution in [0.15, 0.2) is 29.0 Å². The van der Waals surface area contributed by atoms with E-state index in [0.29, 0.717) is 39.6 Å². The topological polar surface area (TPSA) is 69.6 Å². The lowest BCUT2D eigenvalue weighted by Crippen LogP contribution is -2.05. The predicted octanol–water partition coefficient (Wildman–Crippen LogP) is 2.67. The molecule has 5 nitrogen and oxygen atoms in total. The first kappa shape index (κ1) is 13.0. The Balaban J connectivity index is 2.17. The molecule has 0 aliphatic heterocycles. The summed E-state index contributed by atoms with van der Waals surface area (Å²) in [5.74, 6) is 0.609. The van der Waals surface area contributed by atoms with Crippen molar-refractivity contribution in [2.75, 3.05) is 5.73 Å². The molecule has 0 amide bonds. The van der Waals surface area contributed by atoms with Crippen LogP contribution in [0.3, 0.4) is 0 Å². The van der Waals surface area contributed by atoms with Gasteiger partial charge in [0.15, 0.2) is 21.7 Å². The quantitative estimate of drug-likeness (QED) is 0.731. The second-order valence-corrected chi connectivity index (χ2v) is 5.10. The number of halogens is 2. The van der Waals surface area contributed by atoms with Gasteiger partial charge in [0.1, 0.15) is 11.6 Å². The second kappa shape index (κ2) is 4.82. The molecule has 2 heterocycles. The van der Waals surface area contributed by atoms with E-state index in [1.54, 1.807) is 29.7 Å². The minimum atomic E-state index is -0.264. The summed E-state index contributed by atoms with van der Waals surface area (Å²) in [6, 6.07) is 6.60. The number of hydrogen-bond acceptors (Lipinski definition) is 4. The van der Waals surface area contributed by atoms with Gasteiger partial charge in [0.2, 0.25) is 0 Å². The van der Waals surface area contributed by atoms with Gasteiger partial charge >= 0.3 is 0 Å². The van der Waals surface area contributed by atoms with E-state index >= 15 is 0 Å². The van der Waals surface area contributed by atoms with Crippen LogP contribution >= 0.6 is 15.9 Å². The van der Waals surface area contributed by atoms with E-state index < -0.39 is 0 Å². The SMILES string of the molecule is Cc1nc(N)c2nc(Br)n(Cc3ccccc3F)c2n1. The molecule has 3 aromatic rings. The van der Waals surface area contributed by atoms with Crippen molar-refractivity contribution in [3.8, 4) is 0 Å². The van der Waals surface area contributed by atoms with Crippen molar-refractivity contribution >= 4 is 32.9 Å². The Morgan fingerprint density at radius 1 is 1.25 bits per heavy atom. The normalized spacial score (nSPS) is 11.2. The molecule has 0 bridgehead atoms. The number of aryl methyl sites for hydroxylation is 1. The standard InChI is InChI=1S/C13H11BrFN5/c1-7-17-11(16)10-12(18-7)20(13(14)19-10)6-8-4-2-3-5-9(8)15/h2-5H,6H2,1H3,(H2,16,17,18). The summed E-state index contributed by atoms with van der Waals surface area (Å²) in [6.07, 6.45) is 0. The first-order valence-corrected chi connectivity index (χ1v) is 6.75. The highest BCUT2D eigenvalue weighted by Gasteiger charge is 2.15. The molecule has 7 heteroatoms. The fourth-order valence-electron chi connectivity index (χ4n) is 2.05. The predicted molar refractivity (Wildman–Crippen MR) is 77.7 cm³/mol. The molecular formula is C13H11BrFN5. The zero-order valence-electron chi connectivity index (χ0n) is 10.6. The maximum absolute atomic E-state index is 13.8. The van der Waals surface area contributed by atoms with Crippen LogP contribution < -0.4 is 5.73 Å². The maximum atomic E-state index is 13.8. The molecule has 0 saturated carbocycles. The van der Waals surface area contributed by atoms with Crippen molar-refractivity contribution < 1.29 is 4.39 Å². The third-order valence-corrected chi connectivity index (χ3v) is 3.58. The number of imidazole rings is 1. The molecule has 2 N–H and O–H groups in total. The number of fused-ring (bicyclic) bond motifs is 1. The lowest BCUT2D eigenvalue weighted by atomic mass is 10.2. The molecule has 0 spiro atoms. The number of rotatable bonds is 2. The number of nitrogen functional groups attached to an aromatic ring is 1. The Labute approximate surface area is 122 Å². The average Bonchev–Trinajstić information content (AvgIpc) is 2.70. The van der Waals surface area contributed by atoms with Crippen LogP contribution in [0.25, 0.3) is 11.2 Å². The fraction of sp³-hybridized carbons (Fsp3) is 0.154. The molecule has 0 aliphatic rings. The fourth-order valence-corrected chi connectivity index (χ4v) is 2.52. The molecule has 0 saturated heterocycles. The molecule has 0 radical (unpaired) electrons. The summed E-state index contributed by atoms with van der Waals surface area (Å²) >= 11 is 3.36. The van der Waals surface area contributed by atoms with Crippen molar-refractivity contribution in [3.63, 3.8) is 0 Å². The third-order valence-electron chi connectivity index (χ3n) is 2.97. The van der Waals surface area contributed by atoms with E-state index in [9.17, 15) is 4.39 Å². The maximum Gasteiger partial charge on any atom is 0.179 e. The summed E-state index contributed by atoms with van der Waals surface area (Å²) in [5, 5.41) is 0. The molecule has 0 unspecified atom stereocenters. The molecule has 0 fully saturated rings. The minimum Gasteiger partial charge on any atom is -0.382 e. The van der Waals surface area contributed by atoms with E-state index in [-0.39, 0.29) is 5.82 Å². The van der Waals surface area contributed by atoms with Crippen molar-refractivity contribution in [2.45, 2.75) is 13.5 Å². The lowest BCUT2D eigenvalue weighted by molar-refractivity contribution is 0.599. The molecule has 0 atom stereocenters. The van der Waals surface area contributed by atoms with Crippen LogP contribution in [-0.4, -0.2) is 19.5 Å². The van der Waals surface area contributed by atoms with Crippen LogP contribution in [-0.2, 0) is 6.54 Å². The minimum absolute atomic E-state index is 0.264. The van der Waals surface area contributed by atoms with Crippen LogP contribution in [0.5, 0.6) is 0 Å². The summed E-state index contributed by atoms with van der Waals surface area (Å²) < 4.78 is 16.1. The van der Waals surface area contributed by atoms with Gasteiger partial charge in [0, 0.05) is 5.56 Å². The van der Waals surface area contributed by atoms with Gasteiger partial charge < -0.3 is 5.73 Å². The number of anilines is 1. The lowest BCUT2D eigenvalue weighted by Gasteiger charge is -2.07. The van der Waals surface area contributed by atoms with Crippen molar-refractivity contribution in [2.24, 2.45) is 0 Å². The summed E-state index contributed by atoms with van der Waals surface area (Å²) in [6.45, 7) is 2.07. The van der Waals surface area contributed by atoms with E-state index in [2.05, 4.69) is 30.9 Å². The van der Waals surface area contributed by atoms with Crippen LogP contribution in [0.4, 0.5) is 10.2 Å². The molecular weight excluding hydrogens is 325 g/mol. The Morgan fingerprint density at radius 2 is 2.00 bits per heavy atom. The molecule has 20 heavy (non-hydrogen) atoms. The van der Waals surface area contributed by atoms with Gasteiger partial charge in [-0.2, -0.15) is 0 Å². The average molecular weight is 336 g/mol. The zero-order valence-corrected chi connectivity index (χ0v) is 12.2. The first-order valence-electron chi connectivity index (χ1n) is 5.95. The Hall–Kier alpha value is -2.02. The number of nitrogens with two attached hydrogens (primary N) is 1. The van der Waals surface area contributed by atoms with E-state index in [1.165, 1.54) is 6.07 Å². The Morgan fingerprint density at radius 3 is 2.75 bits per heavy atom. The van der Waals surface area contributed by atoms with Gasteiger partial charge in [-0.25, -0.2) is 19.3 Å². The number of hydrogen-bond donors (Lipinski definition) is 1. The summed E-state index contributed by atoms with van der Waals surface area (Å²) in [7, 11) is 0. The molecule has 1 aromatic carbocycles. The Bertz CT molecular complexity index is 799. The Kier molecular flexibility index (Phi) is 3.13. The monoisotopic (exact) mass is 335 g/mol. The van der Waals surface area contributed by atoms with Crippen molar-refractivity contribution in [1.29, 1.82) is 0 Å². The highest BCUT2D eigenvalue weighted by molar-refractivity contribution is 9.10. The van der Waals surface area contributed by atoms with Crippen LogP contribution in [0.2, 0.25) is 0 Å². The third kappa shape index (κ3) is 2.14. The highest BCUT2D eigenvalue weighted by Crippen LogP contribution is 2.24. The number of benzene rings is 1. The van der Waals surface area contributed by atoms with Crippen molar-refractivity contribution in [1.82, 2.24) is 19.5 Å². The van der Waals surface area contributed by atoms with Crippen molar-refractivity contribution in [3.05, 3.63) is 46.2 Å². The van der Waals surface area contributed by atoms with E-state index in [0.717, 1.165) is 0 Å². The van der Waals surface area contributed by atoms with Gasteiger partial charge in [-0.3, -0.25) is 4.57 Å². The molecule has 0 aliphatic carbocycles. The summed E-state index contributed by atoms with van der Waals surface area (Å²) in [5.41, 5.74) is 7.50. The van der Waals surface area contributed by atoms with Gasteiger partial charge in [0.25, 0.3) is 0 Å². The van der Waals surface area contributed by atoms with Gasteiger partial charge in [-0.1, -0.05) is 18.2 Å². The molecule has 3 rings (SSSR count). The van der Waals surface area contributed by atoms with Crippen LogP contribution in [0, 0.1) is 12.7 Å². The van der Waals surface area contributed by atoms with E-state index in [1.807, 2.05) is 0 Å². The molecule has 2 aromatic heterocycles. The van der Waals surface area contributed by atoms with Crippen LogP contribution in [0.1, 0.15) is 11.4 Å². The summed E-state index contributed by atoms with van der Waals surface area (Å²) in [4.78, 5) is 12.7. The number of nitrogens with zero attached hydrogens (tertiary/aromatic N) is 4. The van der Waals surface area contributed by atoms with Gasteiger partial charge in [0.05, 0.1) is 6.54 Å². The first-order chi connectivity index (χ1) is 9.56. The number of aromatic nitrogens is 4. The second-order valence-electron chi connectivity index (χ2n) is 4.39. The zero-order chi connectivity index (χ0) is 14.3. The molecule has 102 valence electrons. The highest BCUT2D eigenvalue weighted by atomic mass is 79.9. The smallest absolute Gasteiger partial charge is 0.179 e.